The Kier molecular flexibility index (Phi) is 5.09. The van der Waals surface area contributed by atoms with Crippen LogP contribution >= 0.6 is 15.9 Å². The molecule has 0 fully saturated rings. The third-order valence-electron chi connectivity index (χ3n) is 3.51. The fraction of sp³-hybridized carbons (Fsp3) is 0.250. The van der Waals surface area contributed by atoms with Gasteiger partial charge in [-0.05, 0) is 46.5 Å². The Morgan fingerprint density at radius 1 is 1.24 bits per heavy atom. The number of hydrogen-bond acceptors (Lipinski definition) is 3. The van der Waals surface area contributed by atoms with Gasteiger partial charge >= 0.3 is 0 Å². The highest BCUT2D eigenvalue weighted by Crippen LogP contribution is 2.28. The molecule has 1 atom stereocenters. The van der Waals surface area contributed by atoms with Crippen LogP contribution in [0.1, 0.15) is 29.7 Å². The molecule has 0 spiro atoms. The number of halogens is 1. The number of nitrogens with zero attached hydrogens (tertiary/aromatic N) is 1. The van der Waals surface area contributed by atoms with Crippen LogP contribution in [-0.2, 0) is 6.54 Å². The smallest absolute Gasteiger partial charge is 0.283 e. The van der Waals surface area contributed by atoms with Crippen molar-refractivity contribution in [2.75, 3.05) is 0 Å². The SMILES string of the molecule is Cc1ccccc1[C@@H](C)NCc1cccc([N+](=O)[O-])c1Br. The lowest BCUT2D eigenvalue weighted by molar-refractivity contribution is -0.385. The summed E-state index contributed by atoms with van der Waals surface area (Å²) in [5.74, 6) is 0. The number of aryl methyl sites for hydroxylation is 1. The van der Waals surface area contributed by atoms with Crippen molar-refractivity contribution < 1.29 is 4.92 Å². The molecule has 0 bridgehead atoms. The third kappa shape index (κ3) is 3.68. The second-order valence-electron chi connectivity index (χ2n) is 4.97. The molecule has 4 nitrogen and oxygen atoms in total. The van der Waals surface area contributed by atoms with E-state index in [2.05, 4.69) is 47.2 Å². The summed E-state index contributed by atoms with van der Waals surface area (Å²) in [6.45, 7) is 4.74. The maximum absolute atomic E-state index is 10.9. The highest BCUT2D eigenvalue weighted by Gasteiger charge is 2.15. The first-order valence-corrected chi connectivity index (χ1v) is 7.50. The molecular weight excluding hydrogens is 332 g/mol. The van der Waals surface area contributed by atoms with Gasteiger partial charge in [-0.3, -0.25) is 10.1 Å². The van der Waals surface area contributed by atoms with Crippen LogP contribution in [0, 0.1) is 17.0 Å². The lowest BCUT2D eigenvalue weighted by Crippen LogP contribution is -2.19. The van der Waals surface area contributed by atoms with Gasteiger partial charge in [0, 0.05) is 18.7 Å². The topological polar surface area (TPSA) is 55.2 Å². The van der Waals surface area contributed by atoms with Crippen LogP contribution in [0.4, 0.5) is 5.69 Å². The largest absolute Gasteiger partial charge is 0.306 e. The Morgan fingerprint density at radius 2 is 1.95 bits per heavy atom. The summed E-state index contributed by atoms with van der Waals surface area (Å²) in [5, 5.41) is 14.3. The van der Waals surface area contributed by atoms with Crippen LogP contribution in [0.3, 0.4) is 0 Å². The standard InChI is InChI=1S/C16H17BrN2O2/c1-11-6-3-4-8-14(11)12(2)18-10-13-7-5-9-15(16(13)17)19(20)21/h3-9,12,18H,10H2,1-2H3/t12-/m1/s1. The molecule has 0 aliphatic heterocycles. The molecule has 0 aliphatic rings. The van der Waals surface area contributed by atoms with Gasteiger partial charge in [-0.15, -0.1) is 0 Å². The third-order valence-corrected chi connectivity index (χ3v) is 4.42. The fourth-order valence-corrected chi connectivity index (χ4v) is 2.84. The highest BCUT2D eigenvalue weighted by molar-refractivity contribution is 9.10. The van der Waals surface area contributed by atoms with Crippen molar-refractivity contribution in [1.29, 1.82) is 0 Å². The van der Waals surface area contributed by atoms with E-state index >= 15 is 0 Å². The van der Waals surface area contributed by atoms with Crippen molar-refractivity contribution in [2.24, 2.45) is 0 Å². The van der Waals surface area contributed by atoms with E-state index in [4.69, 9.17) is 0 Å². The zero-order valence-electron chi connectivity index (χ0n) is 12.0. The Bertz CT molecular complexity index is 658. The van der Waals surface area contributed by atoms with Gasteiger partial charge in [-0.2, -0.15) is 0 Å². The molecule has 2 aromatic rings. The second kappa shape index (κ2) is 6.83. The van der Waals surface area contributed by atoms with Crippen LogP contribution in [0.2, 0.25) is 0 Å². The second-order valence-corrected chi connectivity index (χ2v) is 5.76. The predicted octanol–water partition coefficient (Wildman–Crippen LogP) is 4.52. The van der Waals surface area contributed by atoms with E-state index in [0.29, 0.717) is 11.0 Å². The number of hydrogen-bond donors (Lipinski definition) is 1. The average molecular weight is 349 g/mol. The molecule has 0 aliphatic carbocycles. The first kappa shape index (κ1) is 15.7. The molecule has 2 aromatic carbocycles. The lowest BCUT2D eigenvalue weighted by Gasteiger charge is -2.17. The Morgan fingerprint density at radius 3 is 2.62 bits per heavy atom. The van der Waals surface area contributed by atoms with Crippen LogP contribution in [0.5, 0.6) is 0 Å². The molecule has 21 heavy (non-hydrogen) atoms. The average Bonchev–Trinajstić information content (AvgIpc) is 2.46. The first-order chi connectivity index (χ1) is 10.0. The molecule has 0 saturated heterocycles. The number of benzene rings is 2. The molecule has 0 unspecified atom stereocenters. The number of rotatable bonds is 5. The summed E-state index contributed by atoms with van der Waals surface area (Å²) in [7, 11) is 0. The van der Waals surface area contributed by atoms with E-state index in [9.17, 15) is 10.1 Å². The molecule has 2 rings (SSSR count). The quantitative estimate of drug-likeness (QED) is 0.638. The summed E-state index contributed by atoms with van der Waals surface area (Å²) in [6, 6.07) is 13.5. The highest BCUT2D eigenvalue weighted by atomic mass is 79.9. The minimum atomic E-state index is -0.377. The first-order valence-electron chi connectivity index (χ1n) is 6.71. The molecule has 0 heterocycles. The Hall–Kier alpha value is -1.72. The normalized spacial score (nSPS) is 12.1. The summed E-state index contributed by atoms with van der Waals surface area (Å²) in [5.41, 5.74) is 3.44. The molecule has 1 N–H and O–H groups in total. The van der Waals surface area contributed by atoms with E-state index in [1.165, 1.54) is 17.2 Å². The zero-order valence-corrected chi connectivity index (χ0v) is 13.6. The van der Waals surface area contributed by atoms with Crippen molar-refractivity contribution in [3.8, 4) is 0 Å². The fourth-order valence-electron chi connectivity index (χ4n) is 2.29. The predicted molar refractivity (Wildman–Crippen MR) is 87.2 cm³/mol. The summed E-state index contributed by atoms with van der Waals surface area (Å²) in [6.07, 6.45) is 0. The van der Waals surface area contributed by atoms with Gasteiger partial charge in [0.25, 0.3) is 5.69 Å². The summed E-state index contributed by atoms with van der Waals surface area (Å²) >= 11 is 3.32. The van der Waals surface area contributed by atoms with Crippen LogP contribution in [0.25, 0.3) is 0 Å². The maximum atomic E-state index is 10.9. The van der Waals surface area contributed by atoms with Gasteiger partial charge in [-0.25, -0.2) is 0 Å². The minimum absolute atomic E-state index is 0.0952. The maximum Gasteiger partial charge on any atom is 0.283 e. The van der Waals surface area contributed by atoms with Crippen molar-refractivity contribution in [3.63, 3.8) is 0 Å². The lowest BCUT2D eigenvalue weighted by atomic mass is 10.0. The molecule has 0 saturated carbocycles. The van der Waals surface area contributed by atoms with Gasteiger partial charge in [0.05, 0.1) is 9.40 Å². The van der Waals surface area contributed by atoms with E-state index in [-0.39, 0.29) is 16.7 Å². The summed E-state index contributed by atoms with van der Waals surface area (Å²) < 4.78 is 0.541. The van der Waals surface area contributed by atoms with Crippen LogP contribution in [0.15, 0.2) is 46.9 Å². The molecular formula is C16H17BrN2O2. The molecule has 0 aromatic heterocycles. The van der Waals surface area contributed by atoms with Crippen molar-refractivity contribution in [3.05, 3.63) is 73.7 Å². The minimum Gasteiger partial charge on any atom is -0.306 e. The van der Waals surface area contributed by atoms with Gasteiger partial charge in [-0.1, -0.05) is 36.4 Å². The van der Waals surface area contributed by atoms with Gasteiger partial charge in [0.2, 0.25) is 0 Å². The van der Waals surface area contributed by atoms with Crippen molar-refractivity contribution in [2.45, 2.75) is 26.4 Å². The molecule has 110 valence electrons. The van der Waals surface area contributed by atoms with Crippen LogP contribution in [-0.4, -0.2) is 4.92 Å². The Labute approximate surface area is 132 Å². The van der Waals surface area contributed by atoms with E-state index in [1.807, 2.05) is 18.2 Å². The molecule has 0 radical (unpaired) electrons. The zero-order chi connectivity index (χ0) is 15.4. The van der Waals surface area contributed by atoms with E-state index < -0.39 is 0 Å². The number of nitrogens with one attached hydrogen (secondary N) is 1. The van der Waals surface area contributed by atoms with Gasteiger partial charge < -0.3 is 5.32 Å². The number of nitro groups is 1. The van der Waals surface area contributed by atoms with Crippen LogP contribution < -0.4 is 5.32 Å². The van der Waals surface area contributed by atoms with Gasteiger partial charge in [0.15, 0.2) is 0 Å². The number of nitro benzene ring substituents is 1. The summed E-state index contributed by atoms with van der Waals surface area (Å²) in [4.78, 5) is 10.6. The Balaban J connectivity index is 2.12. The molecule has 5 heteroatoms. The van der Waals surface area contributed by atoms with Crippen molar-refractivity contribution in [1.82, 2.24) is 5.32 Å². The monoisotopic (exact) mass is 348 g/mol. The van der Waals surface area contributed by atoms with Crippen molar-refractivity contribution >= 4 is 21.6 Å². The van der Waals surface area contributed by atoms with E-state index in [1.54, 1.807) is 6.07 Å². The van der Waals surface area contributed by atoms with Gasteiger partial charge in [0.1, 0.15) is 0 Å². The van der Waals surface area contributed by atoms with E-state index in [0.717, 1.165) is 5.56 Å². The molecule has 0 amide bonds.